The van der Waals surface area contributed by atoms with E-state index in [1.54, 1.807) is 27.7 Å². The van der Waals surface area contributed by atoms with Crippen molar-refractivity contribution in [2.75, 3.05) is 18.0 Å². The molecule has 178 valence electrons. The average molecular weight is 475 g/mol. The number of amides is 1. The molecule has 0 saturated carbocycles. The standard InChI is InChI=1S/C26H24F2N6O/c1-4-32-25(35)22-24(34-14-21(15(2)3)30-26(32)34)33(13-17-7-5-6-8-19(17)27)23(31-22)16-9-10-20(28)18(11-16)12-29/h5-11,15,21H,4,13-14H2,1-3H3. The minimum atomic E-state index is -0.643. The highest BCUT2D eigenvalue weighted by Gasteiger charge is 2.44. The molecule has 5 rings (SSSR count). The van der Waals surface area contributed by atoms with Crippen LogP contribution in [0.4, 0.5) is 14.6 Å². The maximum atomic E-state index is 14.7. The summed E-state index contributed by atoms with van der Waals surface area (Å²) in [6.07, 6.45) is 0. The first-order valence-corrected chi connectivity index (χ1v) is 11.5. The van der Waals surface area contributed by atoms with Crippen LogP contribution in [0.3, 0.4) is 0 Å². The Balaban J connectivity index is 1.75. The number of imidazole rings is 1. The predicted octanol–water partition coefficient (Wildman–Crippen LogP) is 4.42. The lowest BCUT2D eigenvalue weighted by Gasteiger charge is -2.33. The van der Waals surface area contributed by atoms with Gasteiger partial charge in [0.2, 0.25) is 5.96 Å². The summed E-state index contributed by atoms with van der Waals surface area (Å²) < 4.78 is 30.6. The zero-order chi connectivity index (χ0) is 24.9. The fourth-order valence-electron chi connectivity index (χ4n) is 4.57. The Morgan fingerprint density at radius 2 is 1.94 bits per heavy atom. The van der Waals surface area contributed by atoms with Crippen LogP contribution in [0.2, 0.25) is 0 Å². The molecule has 0 N–H and O–H groups in total. The molecule has 1 amide bonds. The molecule has 1 aromatic heterocycles. The van der Waals surface area contributed by atoms with Crippen molar-refractivity contribution in [1.82, 2.24) is 14.5 Å². The van der Waals surface area contributed by atoms with Gasteiger partial charge in [0, 0.05) is 17.7 Å². The number of aliphatic imine (C=N–C) groups is 1. The van der Waals surface area contributed by atoms with Crippen molar-refractivity contribution < 1.29 is 13.6 Å². The summed E-state index contributed by atoms with van der Waals surface area (Å²) in [5, 5.41) is 9.35. The minimum absolute atomic E-state index is 0.0194. The Kier molecular flexibility index (Phi) is 5.59. The zero-order valence-corrected chi connectivity index (χ0v) is 19.7. The fraction of sp³-hybridized carbons (Fsp3) is 0.308. The number of anilines is 1. The molecule has 0 fully saturated rings. The molecule has 2 aliphatic rings. The van der Waals surface area contributed by atoms with Gasteiger partial charge in [-0.05, 0) is 37.1 Å². The van der Waals surface area contributed by atoms with E-state index in [-0.39, 0.29) is 41.5 Å². The van der Waals surface area contributed by atoms with E-state index >= 15 is 0 Å². The van der Waals surface area contributed by atoms with Gasteiger partial charge >= 0.3 is 0 Å². The third-order valence-electron chi connectivity index (χ3n) is 6.50. The van der Waals surface area contributed by atoms with E-state index in [1.165, 1.54) is 24.3 Å². The second-order valence-electron chi connectivity index (χ2n) is 8.99. The van der Waals surface area contributed by atoms with Crippen molar-refractivity contribution in [3.8, 4) is 17.5 Å². The van der Waals surface area contributed by atoms with E-state index in [2.05, 4.69) is 18.8 Å². The number of carbonyl (C=O) groups is 1. The van der Waals surface area contributed by atoms with E-state index < -0.39 is 5.82 Å². The smallest absolute Gasteiger partial charge is 0.283 e. The number of fused-ring (bicyclic) bond motifs is 3. The molecule has 0 bridgehead atoms. The summed E-state index contributed by atoms with van der Waals surface area (Å²) in [6, 6.07) is 12.4. The van der Waals surface area contributed by atoms with Gasteiger partial charge in [-0.2, -0.15) is 5.26 Å². The molecule has 9 heteroatoms. The number of hydrogen-bond donors (Lipinski definition) is 0. The van der Waals surface area contributed by atoms with Gasteiger partial charge in [-0.25, -0.2) is 18.8 Å². The second-order valence-corrected chi connectivity index (χ2v) is 8.99. The Morgan fingerprint density at radius 3 is 2.63 bits per heavy atom. The highest BCUT2D eigenvalue weighted by Crippen LogP contribution is 2.38. The Labute approximate surface area is 201 Å². The lowest BCUT2D eigenvalue weighted by atomic mass is 10.1. The van der Waals surface area contributed by atoms with Crippen LogP contribution in [0.1, 0.15) is 42.4 Å². The van der Waals surface area contributed by atoms with Gasteiger partial charge in [0.15, 0.2) is 5.69 Å². The molecule has 7 nitrogen and oxygen atoms in total. The van der Waals surface area contributed by atoms with E-state index in [4.69, 9.17) is 4.99 Å². The van der Waals surface area contributed by atoms with Crippen LogP contribution in [0.25, 0.3) is 11.4 Å². The van der Waals surface area contributed by atoms with Crippen molar-refractivity contribution in [3.05, 3.63) is 70.9 Å². The van der Waals surface area contributed by atoms with Crippen LogP contribution in [-0.4, -0.2) is 45.4 Å². The van der Waals surface area contributed by atoms with E-state index in [1.807, 2.05) is 17.9 Å². The number of nitrogens with zero attached hydrogens (tertiary/aromatic N) is 6. The number of carbonyl (C=O) groups excluding carboxylic acids is 1. The molecular weight excluding hydrogens is 450 g/mol. The molecule has 3 heterocycles. The Morgan fingerprint density at radius 1 is 1.17 bits per heavy atom. The highest BCUT2D eigenvalue weighted by molar-refractivity contribution is 6.18. The summed E-state index contributed by atoms with van der Waals surface area (Å²) in [6.45, 7) is 7.11. The summed E-state index contributed by atoms with van der Waals surface area (Å²) in [5.74, 6) is 0.375. The zero-order valence-electron chi connectivity index (χ0n) is 19.7. The molecule has 0 radical (unpaired) electrons. The molecule has 1 unspecified atom stereocenters. The van der Waals surface area contributed by atoms with Crippen LogP contribution in [0, 0.1) is 28.9 Å². The number of nitriles is 1. The quantitative estimate of drug-likeness (QED) is 0.548. The normalized spacial score (nSPS) is 16.9. The number of aromatic nitrogens is 2. The molecule has 0 saturated heterocycles. The monoisotopic (exact) mass is 474 g/mol. The van der Waals surface area contributed by atoms with E-state index in [0.717, 1.165) is 0 Å². The van der Waals surface area contributed by atoms with Gasteiger partial charge in [0.25, 0.3) is 5.91 Å². The van der Waals surface area contributed by atoms with Gasteiger partial charge in [0.1, 0.15) is 29.3 Å². The minimum Gasteiger partial charge on any atom is -0.305 e. The van der Waals surface area contributed by atoms with Crippen molar-refractivity contribution in [1.29, 1.82) is 5.26 Å². The van der Waals surface area contributed by atoms with Crippen molar-refractivity contribution in [3.63, 3.8) is 0 Å². The third kappa shape index (κ3) is 3.66. The lowest BCUT2D eigenvalue weighted by Crippen LogP contribution is -2.50. The first-order chi connectivity index (χ1) is 16.8. The van der Waals surface area contributed by atoms with Crippen LogP contribution < -0.4 is 4.90 Å². The first-order valence-electron chi connectivity index (χ1n) is 11.5. The molecule has 35 heavy (non-hydrogen) atoms. The lowest BCUT2D eigenvalue weighted by molar-refractivity contribution is 0.0841. The average Bonchev–Trinajstić information content (AvgIpc) is 3.44. The summed E-state index contributed by atoms with van der Waals surface area (Å²) >= 11 is 0. The predicted molar refractivity (Wildman–Crippen MR) is 128 cm³/mol. The topological polar surface area (TPSA) is 77.5 Å². The van der Waals surface area contributed by atoms with E-state index in [9.17, 15) is 18.8 Å². The van der Waals surface area contributed by atoms with Gasteiger partial charge in [-0.15, -0.1) is 0 Å². The molecule has 0 spiro atoms. The second kappa shape index (κ2) is 8.62. The van der Waals surface area contributed by atoms with Crippen molar-refractivity contribution >= 4 is 17.7 Å². The number of hydrogen-bond acceptors (Lipinski definition) is 5. The van der Waals surface area contributed by atoms with Gasteiger partial charge < -0.3 is 4.57 Å². The SMILES string of the molecule is CCN1C(=O)c2nc(-c3ccc(F)c(C#N)c3)n(Cc3ccccc3F)c2N2CC(C(C)C)N=C12. The van der Waals surface area contributed by atoms with Crippen LogP contribution in [0.15, 0.2) is 47.5 Å². The third-order valence-corrected chi connectivity index (χ3v) is 6.50. The van der Waals surface area contributed by atoms with Crippen LogP contribution in [-0.2, 0) is 6.54 Å². The summed E-state index contributed by atoms with van der Waals surface area (Å²) in [7, 11) is 0. The van der Waals surface area contributed by atoms with E-state index in [0.29, 0.717) is 41.8 Å². The van der Waals surface area contributed by atoms with Crippen LogP contribution in [0.5, 0.6) is 0 Å². The molecule has 3 aromatic rings. The molecule has 2 aromatic carbocycles. The van der Waals surface area contributed by atoms with Gasteiger partial charge in [-0.1, -0.05) is 32.0 Å². The maximum absolute atomic E-state index is 14.7. The first kappa shape index (κ1) is 22.7. The number of rotatable bonds is 5. The highest BCUT2D eigenvalue weighted by atomic mass is 19.1. The molecule has 2 aliphatic heterocycles. The molecule has 0 aliphatic carbocycles. The Bertz CT molecular complexity index is 1400. The van der Waals surface area contributed by atoms with Crippen LogP contribution >= 0.6 is 0 Å². The van der Waals surface area contributed by atoms with Gasteiger partial charge in [-0.3, -0.25) is 14.6 Å². The van der Waals surface area contributed by atoms with Crippen molar-refractivity contribution in [2.45, 2.75) is 33.4 Å². The fourth-order valence-corrected chi connectivity index (χ4v) is 4.57. The Hall–Kier alpha value is -4.06. The van der Waals surface area contributed by atoms with Crippen molar-refractivity contribution in [2.24, 2.45) is 10.9 Å². The number of benzene rings is 2. The largest absolute Gasteiger partial charge is 0.305 e. The number of halogens is 2. The molecule has 1 atom stereocenters. The maximum Gasteiger partial charge on any atom is 0.283 e. The summed E-state index contributed by atoms with van der Waals surface area (Å²) in [5.41, 5.74) is 0.970. The summed E-state index contributed by atoms with van der Waals surface area (Å²) in [4.78, 5) is 26.6. The molecular formula is C26H24F2N6O. The van der Waals surface area contributed by atoms with Gasteiger partial charge in [0.05, 0.1) is 24.7 Å². The number of guanidine groups is 1.